The summed E-state index contributed by atoms with van der Waals surface area (Å²) in [6.45, 7) is 4.18. The molecule has 4 nitrogen and oxygen atoms in total. The van der Waals surface area contributed by atoms with Gasteiger partial charge in [0.25, 0.3) is 0 Å². The van der Waals surface area contributed by atoms with E-state index in [4.69, 9.17) is 10.2 Å². The Morgan fingerprint density at radius 2 is 1.05 bits per heavy atom. The van der Waals surface area contributed by atoms with Crippen LogP contribution in [0.4, 0.5) is 0 Å². The Morgan fingerprint density at radius 3 is 1.35 bits per heavy atom. The first-order valence-corrected chi connectivity index (χ1v) is 8.01. The number of carbonyl (C=O) groups is 1. The van der Waals surface area contributed by atoms with Gasteiger partial charge in [0, 0.05) is 13.0 Å². The lowest BCUT2D eigenvalue weighted by molar-refractivity contribution is -0.137. The van der Waals surface area contributed by atoms with Crippen LogP contribution in [0.25, 0.3) is 0 Å². The Kier molecular flexibility index (Phi) is 28.7. The average molecular weight is 291 g/mol. The second-order valence-corrected chi connectivity index (χ2v) is 5.00. The van der Waals surface area contributed by atoms with Gasteiger partial charge in [-0.1, -0.05) is 71.1 Å². The highest BCUT2D eigenvalue weighted by Crippen LogP contribution is 2.11. The molecule has 0 spiro atoms. The van der Waals surface area contributed by atoms with Crippen LogP contribution >= 0.6 is 0 Å². The highest BCUT2D eigenvalue weighted by molar-refractivity contribution is 5.66. The standard InChI is InChI=1S/C14H28O2.C2H6O.H3N/c1-2-3-4-5-6-7-8-9-10-11-12-13-14(15)16;1-2-3;/h2-13H2,1H3,(H,15,16);3H,2H2,1H3;1H3. The lowest BCUT2D eigenvalue weighted by Crippen LogP contribution is -1.93. The van der Waals surface area contributed by atoms with Crippen molar-refractivity contribution in [1.29, 1.82) is 0 Å². The predicted octanol–water partition coefficient (Wildman–Crippen LogP) is 4.93. The van der Waals surface area contributed by atoms with Crippen LogP contribution < -0.4 is 6.15 Å². The Hall–Kier alpha value is -0.610. The number of carboxylic acids is 1. The summed E-state index contributed by atoms with van der Waals surface area (Å²) in [7, 11) is 0. The quantitative estimate of drug-likeness (QED) is 0.444. The number of aliphatic hydroxyl groups excluding tert-OH is 1. The van der Waals surface area contributed by atoms with Gasteiger partial charge in [-0.3, -0.25) is 4.79 Å². The van der Waals surface area contributed by atoms with Crippen molar-refractivity contribution in [2.75, 3.05) is 6.61 Å². The third kappa shape index (κ3) is 30.4. The van der Waals surface area contributed by atoms with Gasteiger partial charge in [0.05, 0.1) is 0 Å². The van der Waals surface area contributed by atoms with Crippen LogP contribution in [-0.2, 0) is 4.79 Å². The third-order valence-corrected chi connectivity index (χ3v) is 2.99. The van der Waals surface area contributed by atoms with E-state index in [1.54, 1.807) is 6.92 Å². The molecule has 5 N–H and O–H groups in total. The van der Waals surface area contributed by atoms with Crippen molar-refractivity contribution >= 4 is 5.97 Å². The van der Waals surface area contributed by atoms with Gasteiger partial charge < -0.3 is 16.4 Å². The van der Waals surface area contributed by atoms with Crippen molar-refractivity contribution in [1.82, 2.24) is 6.15 Å². The number of aliphatic carboxylic acids is 1. The molecule has 0 unspecified atom stereocenters. The van der Waals surface area contributed by atoms with E-state index < -0.39 is 5.97 Å². The Labute approximate surface area is 125 Å². The normalized spacial score (nSPS) is 9.35. The molecule has 0 aromatic heterocycles. The van der Waals surface area contributed by atoms with Gasteiger partial charge in [-0.2, -0.15) is 0 Å². The van der Waals surface area contributed by atoms with Crippen molar-refractivity contribution in [3.8, 4) is 0 Å². The fourth-order valence-corrected chi connectivity index (χ4v) is 1.94. The number of rotatable bonds is 12. The first kappa shape index (κ1) is 24.4. The van der Waals surface area contributed by atoms with Crippen molar-refractivity contribution in [3.63, 3.8) is 0 Å². The SMILES string of the molecule is CCCCCCCCCCCCCC(=O)O.CCO.N. The van der Waals surface area contributed by atoms with E-state index in [9.17, 15) is 4.79 Å². The minimum absolute atomic E-state index is 0. The molecule has 0 aromatic carbocycles. The molecular formula is C16H37NO3. The van der Waals surface area contributed by atoms with Crippen molar-refractivity contribution in [2.45, 2.75) is 90.9 Å². The van der Waals surface area contributed by atoms with Gasteiger partial charge in [0.15, 0.2) is 0 Å². The summed E-state index contributed by atoms with van der Waals surface area (Å²) in [5.41, 5.74) is 0. The van der Waals surface area contributed by atoms with Crippen molar-refractivity contribution < 1.29 is 15.0 Å². The van der Waals surface area contributed by atoms with E-state index in [0.717, 1.165) is 12.8 Å². The molecule has 0 fully saturated rings. The fraction of sp³-hybridized carbons (Fsp3) is 0.938. The van der Waals surface area contributed by atoms with Crippen LogP contribution in [0.5, 0.6) is 0 Å². The first-order valence-electron chi connectivity index (χ1n) is 8.01. The summed E-state index contributed by atoms with van der Waals surface area (Å²) in [6.07, 6.45) is 14.4. The molecule has 0 radical (unpaired) electrons. The molecule has 0 heterocycles. The molecule has 0 bridgehead atoms. The maximum absolute atomic E-state index is 10.3. The minimum atomic E-state index is -0.657. The van der Waals surface area contributed by atoms with Crippen LogP contribution in [0.15, 0.2) is 0 Å². The van der Waals surface area contributed by atoms with Gasteiger partial charge in [0.1, 0.15) is 0 Å². The number of hydrogen-bond donors (Lipinski definition) is 3. The fourth-order valence-electron chi connectivity index (χ4n) is 1.94. The third-order valence-electron chi connectivity index (χ3n) is 2.99. The number of carboxylic acid groups (broad SMARTS) is 1. The molecule has 0 aliphatic heterocycles. The molecule has 0 amide bonds. The number of hydrogen-bond acceptors (Lipinski definition) is 3. The molecule has 0 aliphatic carbocycles. The smallest absolute Gasteiger partial charge is 0.303 e. The summed E-state index contributed by atoms with van der Waals surface area (Å²) in [5, 5.41) is 16.0. The minimum Gasteiger partial charge on any atom is -0.481 e. The zero-order chi connectivity index (χ0) is 14.8. The Balaban J connectivity index is -0.000000657. The second-order valence-electron chi connectivity index (χ2n) is 5.00. The average Bonchev–Trinajstić information content (AvgIpc) is 2.36. The second kappa shape index (κ2) is 23.5. The molecule has 0 aliphatic rings. The van der Waals surface area contributed by atoms with Crippen LogP contribution in [0.3, 0.4) is 0 Å². The van der Waals surface area contributed by atoms with Gasteiger partial charge >= 0.3 is 5.97 Å². The van der Waals surface area contributed by atoms with E-state index in [1.165, 1.54) is 57.8 Å². The molecule has 0 saturated carbocycles. The molecule has 0 rings (SSSR count). The summed E-state index contributed by atoms with van der Waals surface area (Å²) in [5.74, 6) is -0.657. The maximum Gasteiger partial charge on any atom is 0.303 e. The van der Waals surface area contributed by atoms with Crippen LogP contribution in [0.2, 0.25) is 0 Å². The van der Waals surface area contributed by atoms with Crippen LogP contribution in [0, 0.1) is 0 Å². The van der Waals surface area contributed by atoms with Crippen molar-refractivity contribution in [2.24, 2.45) is 0 Å². The van der Waals surface area contributed by atoms with Gasteiger partial charge in [-0.15, -0.1) is 0 Å². The predicted molar refractivity (Wildman–Crippen MR) is 86.5 cm³/mol. The molecule has 0 aromatic rings. The topological polar surface area (TPSA) is 92.5 Å². The zero-order valence-corrected chi connectivity index (χ0v) is 13.7. The largest absolute Gasteiger partial charge is 0.481 e. The lowest BCUT2D eigenvalue weighted by atomic mass is 10.1. The molecule has 4 heteroatoms. The monoisotopic (exact) mass is 291 g/mol. The Morgan fingerprint density at radius 1 is 0.750 bits per heavy atom. The molecule has 0 atom stereocenters. The molecule has 124 valence electrons. The van der Waals surface area contributed by atoms with E-state index in [1.807, 2.05) is 0 Å². The summed E-state index contributed by atoms with van der Waals surface area (Å²) < 4.78 is 0. The van der Waals surface area contributed by atoms with Crippen LogP contribution in [0.1, 0.15) is 90.9 Å². The summed E-state index contributed by atoms with van der Waals surface area (Å²) in [6, 6.07) is 0. The molecule has 0 saturated heterocycles. The zero-order valence-electron chi connectivity index (χ0n) is 13.7. The molecule has 20 heavy (non-hydrogen) atoms. The highest BCUT2D eigenvalue weighted by atomic mass is 16.4. The van der Waals surface area contributed by atoms with E-state index >= 15 is 0 Å². The van der Waals surface area contributed by atoms with E-state index in [-0.39, 0.29) is 12.8 Å². The van der Waals surface area contributed by atoms with E-state index in [0.29, 0.717) is 6.42 Å². The van der Waals surface area contributed by atoms with Gasteiger partial charge in [0.2, 0.25) is 0 Å². The highest BCUT2D eigenvalue weighted by Gasteiger charge is 1.96. The first-order chi connectivity index (χ1) is 9.18. The van der Waals surface area contributed by atoms with Gasteiger partial charge in [-0.05, 0) is 13.3 Å². The summed E-state index contributed by atoms with van der Waals surface area (Å²) in [4.78, 5) is 10.3. The number of unbranched alkanes of at least 4 members (excludes halogenated alkanes) is 10. The lowest BCUT2D eigenvalue weighted by Gasteiger charge is -2.01. The van der Waals surface area contributed by atoms with E-state index in [2.05, 4.69) is 6.92 Å². The van der Waals surface area contributed by atoms with Crippen LogP contribution in [-0.4, -0.2) is 22.8 Å². The van der Waals surface area contributed by atoms with Gasteiger partial charge in [-0.25, -0.2) is 0 Å². The molecular weight excluding hydrogens is 254 g/mol. The number of aliphatic hydroxyl groups is 1. The Bertz CT molecular complexity index is 175. The van der Waals surface area contributed by atoms with Crippen molar-refractivity contribution in [3.05, 3.63) is 0 Å². The summed E-state index contributed by atoms with van der Waals surface area (Å²) >= 11 is 0. The maximum atomic E-state index is 10.3.